The summed E-state index contributed by atoms with van der Waals surface area (Å²) in [5.74, 6) is 0.949. The van der Waals surface area contributed by atoms with Gasteiger partial charge < -0.3 is 9.84 Å². The fraction of sp³-hybridized carbons (Fsp3) is 0.500. The molecule has 0 amide bonds. The maximum absolute atomic E-state index is 5.32. The maximum Gasteiger partial charge on any atom is 0.137 e. The van der Waals surface area contributed by atoms with E-state index in [0.717, 1.165) is 43.9 Å². The van der Waals surface area contributed by atoms with E-state index < -0.39 is 0 Å². The molecule has 4 rings (SSSR count). The molecule has 17 heavy (non-hydrogen) atoms. The largest absolute Gasteiger partial charge is 0.361 e. The highest BCUT2D eigenvalue weighted by molar-refractivity contribution is 5.66. The summed E-state index contributed by atoms with van der Waals surface area (Å²) >= 11 is 0. The Morgan fingerprint density at radius 2 is 2.24 bits per heavy atom. The van der Waals surface area contributed by atoms with Crippen molar-refractivity contribution in [3.05, 3.63) is 22.6 Å². The van der Waals surface area contributed by atoms with Gasteiger partial charge in [0.15, 0.2) is 0 Å². The first-order valence-electron chi connectivity index (χ1n) is 6.09. The van der Waals surface area contributed by atoms with Crippen LogP contribution in [-0.2, 0) is 25.9 Å². The SMILES string of the molecule is Cc1onc2c1CCn1nc3c(c1-2)CNCC3. The Morgan fingerprint density at radius 3 is 3.18 bits per heavy atom. The fourth-order valence-electron chi connectivity index (χ4n) is 2.87. The van der Waals surface area contributed by atoms with Gasteiger partial charge in [0.05, 0.1) is 11.4 Å². The second-order valence-corrected chi connectivity index (χ2v) is 4.74. The molecule has 0 saturated heterocycles. The van der Waals surface area contributed by atoms with E-state index in [4.69, 9.17) is 9.62 Å². The van der Waals surface area contributed by atoms with Crippen molar-refractivity contribution < 1.29 is 4.52 Å². The molecule has 1 N–H and O–H groups in total. The minimum absolute atomic E-state index is 0.899. The molecule has 4 heterocycles. The van der Waals surface area contributed by atoms with Crippen molar-refractivity contribution in [1.29, 1.82) is 0 Å². The molecule has 0 spiro atoms. The predicted octanol–water partition coefficient (Wildman–Crippen LogP) is 1.05. The van der Waals surface area contributed by atoms with Crippen LogP contribution in [-0.4, -0.2) is 21.5 Å². The first kappa shape index (κ1) is 9.41. The molecule has 0 bridgehead atoms. The lowest BCUT2D eigenvalue weighted by Gasteiger charge is -2.15. The monoisotopic (exact) mass is 230 g/mol. The maximum atomic E-state index is 5.32. The molecule has 0 saturated carbocycles. The minimum Gasteiger partial charge on any atom is -0.361 e. The van der Waals surface area contributed by atoms with Gasteiger partial charge in [0.2, 0.25) is 0 Å². The lowest BCUT2D eigenvalue weighted by atomic mass is 9.99. The number of aromatic nitrogens is 3. The van der Waals surface area contributed by atoms with Crippen LogP contribution in [0.1, 0.15) is 22.6 Å². The van der Waals surface area contributed by atoms with Gasteiger partial charge in [0.25, 0.3) is 0 Å². The molecule has 2 aliphatic heterocycles. The van der Waals surface area contributed by atoms with Crippen LogP contribution >= 0.6 is 0 Å². The number of fused-ring (bicyclic) bond motifs is 5. The molecule has 5 nitrogen and oxygen atoms in total. The van der Waals surface area contributed by atoms with Crippen LogP contribution < -0.4 is 5.32 Å². The summed E-state index contributed by atoms with van der Waals surface area (Å²) < 4.78 is 7.42. The summed E-state index contributed by atoms with van der Waals surface area (Å²) in [5, 5.41) is 12.3. The van der Waals surface area contributed by atoms with Crippen LogP contribution in [0.4, 0.5) is 0 Å². The zero-order valence-electron chi connectivity index (χ0n) is 9.79. The van der Waals surface area contributed by atoms with Crippen LogP contribution in [0.2, 0.25) is 0 Å². The smallest absolute Gasteiger partial charge is 0.137 e. The Bertz CT molecular complexity index is 596. The van der Waals surface area contributed by atoms with Crippen molar-refractivity contribution in [2.45, 2.75) is 32.9 Å². The van der Waals surface area contributed by atoms with Gasteiger partial charge in [-0.1, -0.05) is 5.16 Å². The molecule has 0 radical (unpaired) electrons. The first-order valence-corrected chi connectivity index (χ1v) is 6.09. The Hall–Kier alpha value is -1.62. The molecule has 0 aromatic carbocycles. The van der Waals surface area contributed by atoms with Crippen LogP contribution in [0, 0.1) is 6.92 Å². The normalized spacial score (nSPS) is 17.5. The summed E-state index contributed by atoms with van der Waals surface area (Å²) in [6, 6.07) is 0. The van der Waals surface area contributed by atoms with Crippen molar-refractivity contribution in [3.63, 3.8) is 0 Å². The molecular weight excluding hydrogens is 216 g/mol. The van der Waals surface area contributed by atoms with Crippen LogP contribution in [0.5, 0.6) is 0 Å². The molecular formula is C12H14N4O. The first-order chi connectivity index (χ1) is 8.34. The Kier molecular flexibility index (Phi) is 1.77. The molecule has 2 aliphatic rings. The van der Waals surface area contributed by atoms with Crippen molar-refractivity contribution >= 4 is 0 Å². The van der Waals surface area contributed by atoms with Crippen LogP contribution in [0.15, 0.2) is 4.52 Å². The van der Waals surface area contributed by atoms with Crippen molar-refractivity contribution in [2.75, 3.05) is 6.54 Å². The van der Waals surface area contributed by atoms with E-state index in [1.54, 1.807) is 0 Å². The van der Waals surface area contributed by atoms with Gasteiger partial charge in [-0.05, 0) is 13.3 Å². The van der Waals surface area contributed by atoms with E-state index in [1.165, 1.54) is 22.5 Å². The Balaban J connectivity index is 1.99. The summed E-state index contributed by atoms with van der Waals surface area (Å²) in [6.07, 6.45) is 1.99. The molecule has 0 aliphatic carbocycles. The van der Waals surface area contributed by atoms with E-state index in [1.807, 2.05) is 6.92 Å². The van der Waals surface area contributed by atoms with E-state index >= 15 is 0 Å². The van der Waals surface area contributed by atoms with Gasteiger partial charge in [-0.2, -0.15) is 5.10 Å². The predicted molar refractivity (Wildman–Crippen MR) is 61.6 cm³/mol. The van der Waals surface area contributed by atoms with Crippen molar-refractivity contribution in [2.24, 2.45) is 0 Å². The number of hydrogen-bond donors (Lipinski definition) is 1. The summed E-state index contributed by atoms with van der Waals surface area (Å²) in [5.41, 5.74) is 5.97. The van der Waals surface area contributed by atoms with Gasteiger partial charge in [0.1, 0.15) is 11.5 Å². The molecule has 88 valence electrons. The molecule has 0 fully saturated rings. The molecule has 0 unspecified atom stereocenters. The van der Waals surface area contributed by atoms with Crippen molar-refractivity contribution in [1.82, 2.24) is 20.3 Å². The van der Waals surface area contributed by atoms with E-state index in [2.05, 4.69) is 15.2 Å². The number of aryl methyl sites for hydroxylation is 2. The Labute approximate surface area is 98.8 Å². The summed E-state index contributed by atoms with van der Waals surface area (Å²) in [6.45, 7) is 4.85. The number of hydrogen-bond acceptors (Lipinski definition) is 4. The lowest BCUT2D eigenvalue weighted by Crippen LogP contribution is -2.23. The molecule has 2 aromatic heterocycles. The van der Waals surface area contributed by atoms with Gasteiger partial charge in [-0.25, -0.2) is 0 Å². The third-order valence-electron chi connectivity index (χ3n) is 3.76. The van der Waals surface area contributed by atoms with E-state index in [0.29, 0.717) is 0 Å². The topological polar surface area (TPSA) is 55.9 Å². The average Bonchev–Trinajstić information content (AvgIpc) is 2.90. The molecule has 5 heteroatoms. The highest BCUT2D eigenvalue weighted by atomic mass is 16.5. The Morgan fingerprint density at radius 1 is 1.29 bits per heavy atom. The highest BCUT2D eigenvalue weighted by Crippen LogP contribution is 2.35. The number of nitrogens with zero attached hydrogens (tertiary/aromatic N) is 3. The summed E-state index contributed by atoms with van der Waals surface area (Å²) in [7, 11) is 0. The number of rotatable bonds is 0. The molecule has 2 aromatic rings. The summed E-state index contributed by atoms with van der Waals surface area (Å²) in [4.78, 5) is 0. The lowest BCUT2D eigenvalue weighted by molar-refractivity contribution is 0.398. The zero-order valence-corrected chi connectivity index (χ0v) is 9.79. The second-order valence-electron chi connectivity index (χ2n) is 4.74. The fourth-order valence-corrected chi connectivity index (χ4v) is 2.87. The second kappa shape index (κ2) is 3.20. The van der Waals surface area contributed by atoms with Gasteiger partial charge >= 0.3 is 0 Å². The van der Waals surface area contributed by atoms with Crippen LogP contribution in [0.25, 0.3) is 11.4 Å². The molecule has 0 atom stereocenters. The third kappa shape index (κ3) is 1.17. The highest BCUT2D eigenvalue weighted by Gasteiger charge is 2.29. The minimum atomic E-state index is 0.899. The van der Waals surface area contributed by atoms with E-state index in [-0.39, 0.29) is 0 Å². The quantitative estimate of drug-likeness (QED) is 0.735. The van der Waals surface area contributed by atoms with Gasteiger partial charge in [0, 0.05) is 37.2 Å². The van der Waals surface area contributed by atoms with Gasteiger partial charge in [-0.15, -0.1) is 0 Å². The number of nitrogens with one attached hydrogen (secondary N) is 1. The van der Waals surface area contributed by atoms with Crippen molar-refractivity contribution in [3.8, 4) is 11.4 Å². The third-order valence-corrected chi connectivity index (χ3v) is 3.76. The van der Waals surface area contributed by atoms with Gasteiger partial charge in [-0.3, -0.25) is 4.68 Å². The average molecular weight is 230 g/mol. The van der Waals surface area contributed by atoms with E-state index in [9.17, 15) is 0 Å². The zero-order chi connectivity index (χ0) is 11.4. The van der Waals surface area contributed by atoms with Crippen LogP contribution in [0.3, 0.4) is 0 Å². The standard InChI is InChI=1S/C12H14N4O/c1-7-8-3-5-16-12(11(8)15-17-7)9-6-13-4-2-10(9)14-16/h13H,2-6H2,1H3.